The number of pyridine rings is 1. The second-order valence-corrected chi connectivity index (χ2v) is 10.4. The largest absolute Gasteiger partial charge is 0.512 e. The number of nitrogens with zero attached hydrogens (tertiary/aromatic N) is 1. The fraction of sp³-hybridized carbons (Fsp3) is 0.241. The van der Waals surface area contributed by atoms with E-state index in [9.17, 15) is 9.18 Å². The monoisotopic (exact) mass is 667 g/mol. The van der Waals surface area contributed by atoms with E-state index in [-0.39, 0.29) is 42.9 Å². The van der Waals surface area contributed by atoms with Crippen molar-refractivity contribution >= 4 is 27.3 Å². The van der Waals surface area contributed by atoms with Crippen LogP contribution in [-0.4, -0.2) is 15.9 Å². The first-order valence-electron chi connectivity index (χ1n) is 11.0. The van der Waals surface area contributed by atoms with Gasteiger partial charge in [-0.3, -0.25) is 9.78 Å². The van der Waals surface area contributed by atoms with Crippen molar-refractivity contribution in [3.8, 4) is 21.7 Å². The molecule has 6 heteroatoms. The number of rotatable bonds is 3. The van der Waals surface area contributed by atoms with Crippen molar-refractivity contribution in [1.82, 2.24) is 4.98 Å². The summed E-state index contributed by atoms with van der Waals surface area (Å²) in [5.41, 5.74) is 5.46. The van der Waals surface area contributed by atoms with Gasteiger partial charge in [-0.1, -0.05) is 52.0 Å². The average molecular weight is 667 g/mol. The number of fused-ring (bicyclic) bond motifs is 1. The summed E-state index contributed by atoms with van der Waals surface area (Å²) in [6, 6.07) is 20.7. The van der Waals surface area contributed by atoms with Crippen molar-refractivity contribution in [3.63, 3.8) is 0 Å². The zero-order valence-corrected chi connectivity index (χ0v) is 23.9. The van der Waals surface area contributed by atoms with Crippen LogP contribution in [0.1, 0.15) is 45.7 Å². The van der Waals surface area contributed by atoms with E-state index in [1.54, 1.807) is 11.3 Å². The van der Waals surface area contributed by atoms with E-state index in [1.165, 1.54) is 37.6 Å². The first kappa shape index (κ1) is 28.6. The van der Waals surface area contributed by atoms with Gasteiger partial charge in [0.15, 0.2) is 5.78 Å². The summed E-state index contributed by atoms with van der Waals surface area (Å²) >= 11 is 1.63. The quantitative estimate of drug-likeness (QED) is 0.136. The molecule has 0 saturated heterocycles. The van der Waals surface area contributed by atoms with Crippen LogP contribution in [0.5, 0.6) is 0 Å². The van der Waals surface area contributed by atoms with E-state index in [0.717, 1.165) is 37.5 Å². The molecule has 2 aromatic carbocycles. The third-order valence-electron chi connectivity index (χ3n) is 5.07. The van der Waals surface area contributed by atoms with Gasteiger partial charge >= 0.3 is 0 Å². The zero-order chi connectivity index (χ0) is 25.0. The molecule has 1 radical (unpaired) electrons. The molecule has 1 N–H and O–H groups in total. The van der Waals surface area contributed by atoms with Crippen LogP contribution in [-0.2, 0) is 30.3 Å². The average Bonchev–Trinajstić information content (AvgIpc) is 3.16. The Kier molecular flexibility index (Phi) is 9.67. The van der Waals surface area contributed by atoms with Crippen LogP contribution in [0.4, 0.5) is 4.39 Å². The molecule has 0 aliphatic heterocycles. The maximum absolute atomic E-state index is 13.2. The smallest absolute Gasteiger partial charge is 0.155 e. The van der Waals surface area contributed by atoms with Crippen molar-refractivity contribution in [1.29, 1.82) is 0 Å². The summed E-state index contributed by atoms with van der Waals surface area (Å²) in [6.07, 6.45) is 1.17. The predicted octanol–water partition coefficient (Wildman–Crippen LogP) is 8.21. The van der Waals surface area contributed by atoms with E-state index in [2.05, 4.69) is 64.1 Å². The number of carbonyl (C=O) groups excluding carboxylic acids is 1. The molecule has 2 aromatic heterocycles. The van der Waals surface area contributed by atoms with E-state index < -0.39 is 0 Å². The van der Waals surface area contributed by atoms with Gasteiger partial charge in [0.05, 0.1) is 5.76 Å². The van der Waals surface area contributed by atoms with Gasteiger partial charge in [-0.25, -0.2) is 4.39 Å². The van der Waals surface area contributed by atoms with E-state index in [4.69, 9.17) is 10.1 Å². The number of ketones is 1. The number of carbonyl (C=O) groups is 1. The summed E-state index contributed by atoms with van der Waals surface area (Å²) in [4.78, 5) is 17.0. The van der Waals surface area contributed by atoms with E-state index >= 15 is 0 Å². The van der Waals surface area contributed by atoms with Gasteiger partial charge in [-0.15, -0.1) is 46.2 Å². The Morgan fingerprint density at radius 2 is 1.71 bits per heavy atom. The van der Waals surface area contributed by atoms with Crippen molar-refractivity contribution in [2.24, 2.45) is 0 Å². The first-order valence-corrected chi connectivity index (χ1v) is 11.8. The topological polar surface area (TPSA) is 50.2 Å². The maximum atomic E-state index is 13.2. The maximum Gasteiger partial charge on any atom is 0.155 e. The van der Waals surface area contributed by atoms with Gasteiger partial charge in [-0.05, 0) is 48.7 Å². The Bertz CT molecular complexity index is 1350. The molecule has 0 aliphatic carbocycles. The number of benzene rings is 2. The molecule has 2 heterocycles. The fourth-order valence-corrected chi connectivity index (χ4v) is 4.44. The van der Waals surface area contributed by atoms with Gasteiger partial charge in [-0.2, -0.15) is 0 Å². The molecule has 185 valence electrons. The molecule has 0 saturated carbocycles. The molecule has 4 aromatic rings. The van der Waals surface area contributed by atoms with Crippen LogP contribution >= 0.6 is 11.3 Å². The van der Waals surface area contributed by atoms with E-state index in [0.29, 0.717) is 0 Å². The van der Waals surface area contributed by atoms with E-state index in [1.807, 2.05) is 12.1 Å². The number of allylic oxidation sites excluding steroid dienone is 2. The molecule has 3 nitrogen and oxygen atoms in total. The molecule has 35 heavy (non-hydrogen) atoms. The molecule has 0 amide bonds. The number of aromatic nitrogens is 1. The molecule has 0 bridgehead atoms. The van der Waals surface area contributed by atoms with Gasteiger partial charge < -0.3 is 5.11 Å². The summed E-state index contributed by atoms with van der Waals surface area (Å²) in [7, 11) is 0. The number of aliphatic hydroxyl groups is 1. The van der Waals surface area contributed by atoms with Crippen molar-refractivity contribution in [2.45, 2.75) is 47.0 Å². The number of hydrogen-bond donors (Lipinski definition) is 1. The minimum Gasteiger partial charge on any atom is -0.512 e. The Morgan fingerprint density at radius 1 is 1.06 bits per heavy atom. The van der Waals surface area contributed by atoms with Gasteiger partial charge in [0.25, 0.3) is 0 Å². The number of hydrogen-bond acceptors (Lipinski definition) is 4. The van der Waals surface area contributed by atoms with Crippen LogP contribution in [0.25, 0.3) is 31.9 Å². The Hall–Kier alpha value is -2.66. The molecule has 0 aliphatic rings. The molecular weight excluding hydrogens is 638 g/mol. The Labute approximate surface area is 224 Å². The van der Waals surface area contributed by atoms with Gasteiger partial charge in [0, 0.05) is 36.4 Å². The standard InChI is InChI=1S/C24H21FNS.C5H8O2.Ir/c1-15-11-18(13-19(12-15)24(2,3)4)21-10-7-17-14-22(27-23(17)26-21)16-5-8-20(25)9-6-16;1-4(6)3-5(2)7;/h5-10,12-14H,1-4H3;3,6H,1-2H3;/q-1;;/b;4-3-;. The summed E-state index contributed by atoms with van der Waals surface area (Å²) in [5.74, 6) is -0.280. The van der Waals surface area contributed by atoms with Crippen LogP contribution in [0.3, 0.4) is 0 Å². The normalized spacial score (nSPS) is 11.5. The molecule has 0 atom stereocenters. The molecular formula is C29H29FIrNO2S-. The number of aryl methyl sites for hydroxylation is 1. The van der Waals surface area contributed by atoms with Crippen molar-refractivity contribution in [2.75, 3.05) is 0 Å². The third kappa shape index (κ3) is 7.93. The Morgan fingerprint density at radius 3 is 2.26 bits per heavy atom. The number of halogens is 1. The first-order chi connectivity index (χ1) is 15.9. The molecule has 0 spiro atoms. The van der Waals surface area contributed by atoms with Crippen molar-refractivity contribution in [3.05, 3.63) is 89.4 Å². The SMILES string of the molecule is CC(=O)/C=C(/C)O.Cc1[c-]c(-c2ccc3cc(-c4ccc(F)cc4)sc3n2)cc(C(C)(C)C)c1.[Ir]. The molecule has 4 rings (SSSR count). The number of thiophene rings is 1. The third-order valence-corrected chi connectivity index (χ3v) is 6.16. The molecule has 0 fully saturated rings. The van der Waals surface area contributed by atoms with Crippen LogP contribution in [0, 0.1) is 18.8 Å². The second kappa shape index (κ2) is 11.8. The molecule has 0 unspecified atom stereocenters. The van der Waals surface area contributed by atoms with Crippen LogP contribution < -0.4 is 0 Å². The summed E-state index contributed by atoms with van der Waals surface area (Å²) < 4.78 is 13.2. The van der Waals surface area contributed by atoms with Crippen LogP contribution in [0.15, 0.2) is 66.4 Å². The summed E-state index contributed by atoms with van der Waals surface area (Å²) in [6.45, 7) is 11.6. The van der Waals surface area contributed by atoms with Crippen molar-refractivity contribution < 1.29 is 34.4 Å². The second-order valence-electron chi connectivity index (χ2n) is 9.32. The van der Waals surface area contributed by atoms with Crippen LogP contribution in [0.2, 0.25) is 0 Å². The predicted molar refractivity (Wildman–Crippen MR) is 140 cm³/mol. The minimum absolute atomic E-state index is 0. The fourth-order valence-electron chi connectivity index (χ4n) is 3.40. The zero-order valence-electron chi connectivity index (χ0n) is 20.7. The van der Waals surface area contributed by atoms with Gasteiger partial charge in [0.1, 0.15) is 10.6 Å². The Balaban J connectivity index is 0.000000476. The number of aliphatic hydroxyl groups excluding tert-OH is 1. The summed E-state index contributed by atoms with van der Waals surface area (Å²) in [5, 5.41) is 9.47. The minimum atomic E-state index is -0.218. The van der Waals surface area contributed by atoms with Gasteiger partial charge in [0.2, 0.25) is 0 Å².